The van der Waals surface area contributed by atoms with Gasteiger partial charge >= 0.3 is 6.09 Å². The molecule has 0 spiro atoms. The first-order chi connectivity index (χ1) is 18.8. The van der Waals surface area contributed by atoms with Crippen molar-refractivity contribution >= 4 is 28.5 Å². The Bertz CT molecular complexity index is 1350. The molecule has 206 valence electrons. The Morgan fingerprint density at radius 1 is 1.10 bits per heavy atom. The minimum absolute atomic E-state index is 0.120. The van der Waals surface area contributed by atoms with Crippen molar-refractivity contribution in [2.45, 2.75) is 51.5 Å². The highest BCUT2D eigenvalue weighted by molar-refractivity contribution is 6.08. The normalized spacial score (nSPS) is 21.7. The molecule has 1 amide bonds. The lowest BCUT2D eigenvalue weighted by Gasteiger charge is -2.35. The SMILES string of the molecule is CCOC(=O)N1CCN(c2cnc3c(C(=O)Cc4cnccc4[C@@H]4C[C@H](C)C[C@H](N)C4)ccc(F)c3c2)CC1. The Kier molecular flexibility index (Phi) is 8.07. The predicted octanol–water partition coefficient (Wildman–Crippen LogP) is 4.70. The van der Waals surface area contributed by atoms with Crippen LogP contribution in [-0.2, 0) is 11.2 Å². The summed E-state index contributed by atoms with van der Waals surface area (Å²) in [7, 11) is 0. The Hall–Kier alpha value is -3.59. The molecule has 39 heavy (non-hydrogen) atoms. The molecule has 0 radical (unpaired) electrons. The van der Waals surface area contributed by atoms with Gasteiger partial charge in [0.05, 0.1) is 24.0 Å². The van der Waals surface area contributed by atoms with Gasteiger partial charge in [0, 0.05) is 62.0 Å². The summed E-state index contributed by atoms with van der Waals surface area (Å²) < 4.78 is 20.1. The largest absolute Gasteiger partial charge is 0.450 e. The summed E-state index contributed by atoms with van der Waals surface area (Å²) in [5, 5.41) is 0.310. The second kappa shape index (κ2) is 11.7. The molecule has 8 nitrogen and oxygen atoms in total. The smallest absolute Gasteiger partial charge is 0.409 e. The number of halogens is 1. The summed E-state index contributed by atoms with van der Waals surface area (Å²) in [5.41, 5.74) is 9.84. The summed E-state index contributed by atoms with van der Waals surface area (Å²) in [6, 6.07) is 6.77. The minimum atomic E-state index is -0.423. The fourth-order valence-electron chi connectivity index (χ4n) is 6.10. The number of ketones is 1. The topological polar surface area (TPSA) is 102 Å². The van der Waals surface area contributed by atoms with Crippen LogP contribution in [0.25, 0.3) is 10.9 Å². The number of amides is 1. The number of carbonyl (C=O) groups excluding carboxylic acids is 2. The highest BCUT2D eigenvalue weighted by Crippen LogP contribution is 2.37. The van der Waals surface area contributed by atoms with Crippen LogP contribution < -0.4 is 10.6 Å². The number of rotatable bonds is 6. The second-order valence-electron chi connectivity index (χ2n) is 10.8. The van der Waals surface area contributed by atoms with Crippen molar-refractivity contribution in [3.63, 3.8) is 0 Å². The van der Waals surface area contributed by atoms with E-state index in [1.54, 1.807) is 36.5 Å². The summed E-state index contributed by atoms with van der Waals surface area (Å²) in [6.45, 7) is 6.53. The highest BCUT2D eigenvalue weighted by Gasteiger charge is 2.28. The third-order valence-corrected chi connectivity index (χ3v) is 7.96. The maximum Gasteiger partial charge on any atom is 0.409 e. The van der Waals surface area contributed by atoms with E-state index in [2.05, 4.69) is 21.8 Å². The molecule has 0 bridgehead atoms. The second-order valence-corrected chi connectivity index (χ2v) is 10.8. The van der Waals surface area contributed by atoms with Crippen LogP contribution in [0, 0.1) is 11.7 Å². The van der Waals surface area contributed by atoms with Crippen LogP contribution in [0.15, 0.2) is 42.9 Å². The van der Waals surface area contributed by atoms with Crippen LogP contribution in [0.2, 0.25) is 0 Å². The van der Waals surface area contributed by atoms with Gasteiger partial charge in [-0.15, -0.1) is 0 Å². The van der Waals surface area contributed by atoms with E-state index < -0.39 is 5.82 Å². The third-order valence-electron chi connectivity index (χ3n) is 7.96. The number of fused-ring (bicyclic) bond motifs is 1. The Labute approximate surface area is 228 Å². The molecule has 1 saturated heterocycles. The average Bonchev–Trinajstić information content (AvgIpc) is 2.93. The van der Waals surface area contributed by atoms with E-state index in [4.69, 9.17) is 10.5 Å². The molecule has 9 heteroatoms. The number of hydrogen-bond donors (Lipinski definition) is 1. The number of nitrogens with zero attached hydrogens (tertiary/aromatic N) is 4. The zero-order valence-corrected chi connectivity index (χ0v) is 22.6. The number of pyridine rings is 2. The molecule has 2 aromatic heterocycles. The van der Waals surface area contributed by atoms with Crippen LogP contribution in [0.3, 0.4) is 0 Å². The van der Waals surface area contributed by atoms with E-state index >= 15 is 0 Å². The van der Waals surface area contributed by atoms with E-state index in [9.17, 15) is 14.0 Å². The predicted molar refractivity (Wildman–Crippen MR) is 149 cm³/mol. The first kappa shape index (κ1) is 27.0. The first-order valence-corrected chi connectivity index (χ1v) is 13.8. The van der Waals surface area contributed by atoms with Gasteiger partial charge in [0.15, 0.2) is 5.78 Å². The fourth-order valence-corrected chi connectivity index (χ4v) is 6.10. The van der Waals surface area contributed by atoms with E-state index in [-0.39, 0.29) is 24.3 Å². The van der Waals surface area contributed by atoms with Crippen molar-refractivity contribution in [3.8, 4) is 0 Å². The van der Waals surface area contributed by atoms with E-state index in [0.29, 0.717) is 61.1 Å². The zero-order chi connectivity index (χ0) is 27.5. The average molecular weight is 534 g/mol. The van der Waals surface area contributed by atoms with Crippen molar-refractivity contribution in [2.24, 2.45) is 11.7 Å². The number of anilines is 1. The summed E-state index contributed by atoms with van der Waals surface area (Å²) in [4.78, 5) is 38.2. The van der Waals surface area contributed by atoms with Crippen molar-refractivity contribution in [1.29, 1.82) is 0 Å². The minimum Gasteiger partial charge on any atom is -0.450 e. The van der Waals surface area contributed by atoms with Crippen LogP contribution in [0.5, 0.6) is 0 Å². The molecule has 3 atom stereocenters. The van der Waals surface area contributed by atoms with Crippen LogP contribution in [-0.4, -0.2) is 65.6 Å². The number of piperazine rings is 1. The Morgan fingerprint density at radius 2 is 1.90 bits per heavy atom. The van der Waals surface area contributed by atoms with Crippen molar-refractivity contribution < 1.29 is 18.7 Å². The van der Waals surface area contributed by atoms with E-state index in [0.717, 1.165) is 36.1 Å². The van der Waals surface area contributed by atoms with Gasteiger partial charge in [-0.05, 0) is 73.4 Å². The lowest BCUT2D eigenvalue weighted by atomic mass is 9.75. The molecule has 2 aliphatic rings. The first-order valence-electron chi connectivity index (χ1n) is 13.8. The highest BCUT2D eigenvalue weighted by atomic mass is 19.1. The van der Waals surface area contributed by atoms with Gasteiger partial charge < -0.3 is 20.3 Å². The lowest BCUT2D eigenvalue weighted by Crippen LogP contribution is -2.49. The van der Waals surface area contributed by atoms with Gasteiger partial charge in [0.1, 0.15) is 5.82 Å². The summed E-state index contributed by atoms with van der Waals surface area (Å²) in [5.74, 6) is 0.284. The van der Waals surface area contributed by atoms with Gasteiger partial charge in [-0.25, -0.2) is 9.18 Å². The van der Waals surface area contributed by atoms with Gasteiger partial charge in [-0.1, -0.05) is 6.92 Å². The molecule has 3 heterocycles. The molecule has 1 saturated carbocycles. The van der Waals surface area contributed by atoms with Gasteiger partial charge in [0.2, 0.25) is 0 Å². The molecule has 1 aliphatic heterocycles. The molecular formula is C30H36FN5O3. The van der Waals surface area contributed by atoms with Crippen LogP contribution >= 0.6 is 0 Å². The van der Waals surface area contributed by atoms with Crippen molar-refractivity contribution in [3.05, 3.63) is 65.4 Å². The molecule has 2 N–H and O–H groups in total. The van der Waals surface area contributed by atoms with E-state index in [1.807, 2.05) is 6.07 Å². The molecule has 3 aromatic rings. The lowest BCUT2D eigenvalue weighted by molar-refractivity contribution is 0.0992. The molecule has 5 rings (SSSR count). The van der Waals surface area contributed by atoms with Crippen LogP contribution in [0.4, 0.5) is 14.9 Å². The van der Waals surface area contributed by atoms with Gasteiger partial charge in [-0.2, -0.15) is 0 Å². The zero-order valence-electron chi connectivity index (χ0n) is 22.6. The van der Waals surface area contributed by atoms with Crippen molar-refractivity contribution in [2.75, 3.05) is 37.7 Å². The summed E-state index contributed by atoms with van der Waals surface area (Å²) >= 11 is 0. The number of hydrogen-bond acceptors (Lipinski definition) is 7. The number of ether oxygens (including phenoxy) is 1. The molecule has 1 aliphatic carbocycles. The van der Waals surface area contributed by atoms with Gasteiger partial charge in [0.25, 0.3) is 0 Å². The third kappa shape index (κ3) is 5.88. The quantitative estimate of drug-likeness (QED) is 0.458. The van der Waals surface area contributed by atoms with Gasteiger partial charge in [-0.3, -0.25) is 14.8 Å². The van der Waals surface area contributed by atoms with E-state index in [1.165, 1.54) is 12.1 Å². The maximum atomic E-state index is 15.0. The number of nitrogens with two attached hydrogens (primary N) is 1. The molecule has 0 unspecified atom stereocenters. The van der Waals surface area contributed by atoms with Crippen LogP contribution in [0.1, 0.15) is 60.5 Å². The fraction of sp³-hybridized carbons (Fsp3) is 0.467. The standard InChI is InChI=1S/C30H36FN5O3/c1-3-39-30(38)36-10-8-35(9-11-36)23-16-26-27(31)5-4-25(29(26)34-18-23)28(37)15-21-17-33-7-6-24(21)20-12-19(2)13-22(32)14-20/h4-7,16-20,22H,3,8-15,32H2,1-2H3/t19-,20+,22-/m0/s1. The number of aromatic nitrogens is 2. The molecule has 2 fully saturated rings. The molecule has 1 aromatic carbocycles. The maximum absolute atomic E-state index is 15.0. The monoisotopic (exact) mass is 533 g/mol. The number of carbonyl (C=O) groups is 2. The Morgan fingerprint density at radius 3 is 2.64 bits per heavy atom. The summed E-state index contributed by atoms with van der Waals surface area (Å²) in [6.07, 6.45) is 8.03. The number of Topliss-reactive ketones (excluding diaryl/α,β-unsaturated/α-hetero) is 1. The Balaban J connectivity index is 1.36. The molecular weight excluding hydrogens is 497 g/mol. The number of benzene rings is 1. The van der Waals surface area contributed by atoms with Crippen molar-refractivity contribution in [1.82, 2.24) is 14.9 Å².